The number of carbonyl (C=O) groups is 1. The van der Waals surface area contributed by atoms with Crippen LogP contribution in [0.3, 0.4) is 0 Å². The van der Waals surface area contributed by atoms with Crippen LogP contribution in [0.5, 0.6) is 0 Å². The Labute approximate surface area is 86.6 Å². The standard InChI is InChI=1S/C11H22N2O/c1-9(2)13-11(14)4-3-10-5-7-12-8-6-10/h9-10,12H,3-8H2,1-2H3,(H,13,14). The fraction of sp³-hybridized carbons (Fsp3) is 0.909. The number of carbonyl (C=O) groups excluding carboxylic acids is 1. The molecule has 1 rings (SSSR count). The first-order valence-electron chi connectivity index (χ1n) is 5.68. The second kappa shape index (κ2) is 6.02. The molecule has 0 aromatic heterocycles. The summed E-state index contributed by atoms with van der Waals surface area (Å²) in [5.74, 6) is 0.965. The van der Waals surface area contributed by atoms with E-state index < -0.39 is 0 Å². The number of amides is 1. The molecule has 0 atom stereocenters. The Morgan fingerprint density at radius 3 is 2.64 bits per heavy atom. The molecule has 3 nitrogen and oxygen atoms in total. The van der Waals surface area contributed by atoms with Crippen LogP contribution in [0.15, 0.2) is 0 Å². The van der Waals surface area contributed by atoms with Gasteiger partial charge in [0.25, 0.3) is 0 Å². The summed E-state index contributed by atoms with van der Waals surface area (Å²) >= 11 is 0. The molecule has 0 unspecified atom stereocenters. The third-order valence-electron chi connectivity index (χ3n) is 2.69. The Kier molecular flexibility index (Phi) is 4.94. The van der Waals surface area contributed by atoms with E-state index in [2.05, 4.69) is 10.6 Å². The van der Waals surface area contributed by atoms with Crippen LogP contribution in [0.25, 0.3) is 0 Å². The topological polar surface area (TPSA) is 41.1 Å². The van der Waals surface area contributed by atoms with Crippen LogP contribution in [0.1, 0.15) is 39.5 Å². The van der Waals surface area contributed by atoms with Gasteiger partial charge in [-0.05, 0) is 52.1 Å². The molecule has 0 aromatic carbocycles. The van der Waals surface area contributed by atoms with Crippen molar-refractivity contribution in [1.82, 2.24) is 10.6 Å². The van der Waals surface area contributed by atoms with Crippen molar-refractivity contribution in [2.45, 2.75) is 45.6 Å². The summed E-state index contributed by atoms with van der Waals surface area (Å²) in [5.41, 5.74) is 0. The van der Waals surface area contributed by atoms with Gasteiger partial charge in [-0.2, -0.15) is 0 Å². The first-order chi connectivity index (χ1) is 6.68. The lowest BCUT2D eigenvalue weighted by atomic mass is 9.93. The summed E-state index contributed by atoms with van der Waals surface area (Å²) in [6, 6.07) is 0.274. The van der Waals surface area contributed by atoms with Crippen LogP contribution in [0.4, 0.5) is 0 Å². The fourth-order valence-electron chi connectivity index (χ4n) is 1.90. The normalized spacial score (nSPS) is 18.5. The first-order valence-corrected chi connectivity index (χ1v) is 5.68. The number of rotatable bonds is 4. The molecule has 3 heteroatoms. The second-order valence-corrected chi connectivity index (χ2v) is 4.45. The molecule has 2 N–H and O–H groups in total. The van der Waals surface area contributed by atoms with Gasteiger partial charge in [0, 0.05) is 12.5 Å². The smallest absolute Gasteiger partial charge is 0.220 e. The Balaban J connectivity index is 2.09. The monoisotopic (exact) mass is 198 g/mol. The highest BCUT2D eigenvalue weighted by Gasteiger charge is 2.14. The summed E-state index contributed by atoms with van der Waals surface area (Å²) < 4.78 is 0. The van der Waals surface area contributed by atoms with Gasteiger partial charge in [-0.15, -0.1) is 0 Å². The Morgan fingerprint density at radius 1 is 1.43 bits per heavy atom. The summed E-state index contributed by atoms with van der Waals surface area (Å²) in [6.45, 7) is 6.25. The average Bonchev–Trinajstić information content (AvgIpc) is 2.15. The highest BCUT2D eigenvalue weighted by molar-refractivity contribution is 5.76. The minimum absolute atomic E-state index is 0.207. The van der Waals surface area contributed by atoms with Crippen molar-refractivity contribution < 1.29 is 4.79 Å². The molecule has 1 amide bonds. The minimum Gasteiger partial charge on any atom is -0.354 e. The van der Waals surface area contributed by atoms with E-state index in [4.69, 9.17) is 0 Å². The average molecular weight is 198 g/mol. The molecule has 0 aliphatic carbocycles. The molecular formula is C11H22N2O. The highest BCUT2D eigenvalue weighted by atomic mass is 16.1. The molecule has 1 fully saturated rings. The highest BCUT2D eigenvalue weighted by Crippen LogP contribution is 2.17. The van der Waals surface area contributed by atoms with Crippen molar-refractivity contribution in [1.29, 1.82) is 0 Å². The molecule has 14 heavy (non-hydrogen) atoms. The van der Waals surface area contributed by atoms with E-state index in [9.17, 15) is 4.79 Å². The molecule has 0 radical (unpaired) electrons. The van der Waals surface area contributed by atoms with Gasteiger partial charge < -0.3 is 10.6 Å². The van der Waals surface area contributed by atoms with Crippen molar-refractivity contribution >= 4 is 5.91 Å². The maximum Gasteiger partial charge on any atom is 0.220 e. The molecule has 1 heterocycles. The summed E-state index contributed by atoms with van der Waals surface area (Å²) in [7, 11) is 0. The van der Waals surface area contributed by atoms with Crippen molar-refractivity contribution in [2.24, 2.45) is 5.92 Å². The summed E-state index contributed by atoms with van der Waals surface area (Å²) in [6.07, 6.45) is 4.22. The number of nitrogens with one attached hydrogen (secondary N) is 2. The second-order valence-electron chi connectivity index (χ2n) is 4.45. The maximum absolute atomic E-state index is 11.4. The van der Waals surface area contributed by atoms with Gasteiger partial charge in [0.1, 0.15) is 0 Å². The van der Waals surface area contributed by atoms with E-state index in [-0.39, 0.29) is 11.9 Å². The van der Waals surface area contributed by atoms with Crippen LogP contribution in [0.2, 0.25) is 0 Å². The first kappa shape index (κ1) is 11.5. The predicted molar refractivity (Wildman–Crippen MR) is 58.1 cm³/mol. The summed E-state index contributed by atoms with van der Waals surface area (Å²) in [5, 5.41) is 6.26. The molecule has 1 aliphatic heterocycles. The Bertz CT molecular complexity index is 174. The Hall–Kier alpha value is -0.570. The Morgan fingerprint density at radius 2 is 2.07 bits per heavy atom. The van der Waals surface area contributed by atoms with E-state index in [0.29, 0.717) is 6.42 Å². The molecular weight excluding hydrogens is 176 g/mol. The quantitative estimate of drug-likeness (QED) is 0.714. The van der Waals surface area contributed by atoms with Gasteiger partial charge in [-0.1, -0.05) is 0 Å². The number of hydrogen-bond donors (Lipinski definition) is 2. The zero-order chi connectivity index (χ0) is 10.4. The lowest BCUT2D eigenvalue weighted by molar-refractivity contribution is -0.121. The van der Waals surface area contributed by atoms with Crippen LogP contribution < -0.4 is 10.6 Å². The van der Waals surface area contributed by atoms with E-state index in [1.165, 1.54) is 12.8 Å². The number of hydrogen-bond acceptors (Lipinski definition) is 2. The van der Waals surface area contributed by atoms with Crippen molar-refractivity contribution in [3.63, 3.8) is 0 Å². The molecule has 82 valence electrons. The molecule has 0 aromatic rings. The minimum atomic E-state index is 0.207. The van der Waals surface area contributed by atoms with Gasteiger partial charge in [0.05, 0.1) is 0 Å². The third kappa shape index (κ3) is 4.61. The zero-order valence-corrected chi connectivity index (χ0v) is 9.31. The molecule has 0 bridgehead atoms. The van der Waals surface area contributed by atoms with Gasteiger partial charge in [-0.3, -0.25) is 4.79 Å². The molecule has 1 aliphatic rings. The zero-order valence-electron chi connectivity index (χ0n) is 9.31. The van der Waals surface area contributed by atoms with E-state index in [1.807, 2.05) is 13.8 Å². The van der Waals surface area contributed by atoms with Crippen LogP contribution in [-0.2, 0) is 4.79 Å². The lowest BCUT2D eigenvalue weighted by Gasteiger charge is -2.22. The molecule has 0 spiro atoms. The van der Waals surface area contributed by atoms with Gasteiger partial charge in [-0.25, -0.2) is 0 Å². The predicted octanol–water partition coefficient (Wildman–Crippen LogP) is 1.29. The SMILES string of the molecule is CC(C)NC(=O)CCC1CCNCC1. The van der Waals surface area contributed by atoms with E-state index in [1.54, 1.807) is 0 Å². The molecule has 1 saturated heterocycles. The molecule has 0 saturated carbocycles. The van der Waals surface area contributed by atoms with Crippen molar-refractivity contribution in [3.05, 3.63) is 0 Å². The largest absolute Gasteiger partial charge is 0.354 e. The van der Waals surface area contributed by atoms with Crippen LogP contribution >= 0.6 is 0 Å². The van der Waals surface area contributed by atoms with E-state index in [0.717, 1.165) is 25.4 Å². The van der Waals surface area contributed by atoms with Gasteiger partial charge in [0.2, 0.25) is 5.91 Å². The van der Waals surface area contributed by atoms with Crippen molar-refractivity contribution in [3.8, 4) is 0 Å². The van der Waals surface area contributed by atoms with Gasteiger partial charge >= 0.3 is 0 Å². The lowest BCUT2D eigenvalue weighted by Crippen LogP contribution is -2.32. The fourth-order valence-corrected chi connectivity index (χ4v) is 1.90. The maximum atomic E-state index is 11.4. The van der Waals surface area contributed by atoms with Crippen molar-refractivity contribution in [2.75, 3.05) is 13.1 Å². The third-order valence-corrected chi connectivity index (χ3v) is 2.69. The van der Waals surface area contributed by atoms with Crippen LogP contribution in [0, 0.1) is 5.92 Å². The van der Waals surface area contributed by atoms with Gasteiger partial charge in [0.15, 0.2) is 0 Å². The van der Waals surface area contributed by atoms with Crippen LogP contribution in [-0.4, -0.2) is 25.0 Å². The summed E-state index contributed by atoms with van der Waals surface area (Å²) in [4.78, 5) is 11.4. The number of piperidine rings is 1. The van der Waals surface area contributed by atoms with E-state index >= 15 is 0 Å².